The van der Waals surface area contributed by atoms with Gasteiger partial charge in [0.05, 0.1) is 12.8 Å². The van der Waals surface area contributed by atoms with Crippen LogP contribution in [0.2, 0.25) is 0 Å². The first-order valence-corrected chi connectivity index (χ1v) is 7.27. The van der Waals surface area contributed by atoms with Crippen molar-refractivity contribution in [3.63, 3.8) is 0 Å². The van der Waals surface area contributed by atoms with Crippen molar-refractivity contribution in [3.05, 3.63) is 35.6 Å². The molecule has 102 valence electrons. The van der Waals surface area contributed by atoms with Gasteiger partial charge in [0, 0.05) is 24.6 Å². The third-order valence-corrected chi connectivity index (χ3v) is 3.69. The molecule has 1 saturated heterocycles. The fourth-order valence-electron chi connectivity index (χ4n) is 1.73. The second-order valence-corrected chi connectivity index (χ2v) is 5.46. The highest BCUT2D eigenvalue weighted by atomic mass is 32.2. The minimum atomic E-state index is -0.288. The molecular formula is C13H16FN3OS. The van der Waals surface area contributed by atoms with Gasteiger partial charge in [-0.15, -0.1) is 0 Å². The van der Waals surface area contributed by atoms with Crippen LogP contribution in [0.25, 0.3) is 0 Å². The number of amides is 1. The summed E-state index contributed by atoms with van der Waals surface area (Å²) in [6, 6.07) is 5.92. The van der Waals surface area contributed by atoms with Crippen LogP contribution in [0.5, 0.6) is 0 Å². The number of halogens is 1. The van der Waals surface area contributed by atoms with Crippen molar-refractivity contribution < 1.29 is 9.18 Å². The molecule has 0 aliphatic carbocycles. The summed E-state index contributed by atoms with van der Waals surface area (Å²) in [4.78, 5) is 13.7. The lowest BCUT2D eigenvalue weighted by Crippen LogP contribution is -2.40. The predicted molar refractivity (Wildman–Crippen MR) is 75.9 cm³/mol. The molecule has 0 radical (unpaired) electrons. The molecule has 1 N–H and O–H groups in total. The van der Waals surface area contributed by atoms with Crippen molar-refractivity contribution in [2.75, 3.05) is 31.1 Å². The number of nitrogens with one attached hydrogen (secondary N) is 1. The van der Waals surface area contributed by atoms with Crippen LogP contribution < -0.4 is 5.43 Å². The van der Waals surface area contributed by atoms with E-state index in [2.05, 4.69) is 15.4 Å². The summed E-state index contributed by atoms with van der Waals surface area (Å²) in [5, 5.41) is 3.86. The van der Waals surface area contributed by atoms with Gasteiger partial charge in [-0.1, -0.05) is 12.1 Å². The second kappa shape index (κ2) is 7.25. The molecule has 0 unspecified atom stereocenters. The minimum Gasteiger partial charge on any atom is -0.293 e. The standard InChI is InChI=1S/C13H16FN3OS/c14-12-3-1-11(2-4-12)9-15-16-13(18)10-17-5-7-19-8-6-17/h1-4,9H,5-8,10H2,(H,16,18). The Morgan fingerprint density at radius 3 is 2.74 bits per heavy atom. The largest absolute Gasteiger partial charge is 0.293 e. The lowest BCUT2D eigenvalue weighted by molar-refractivity contribution is -0.122. The third kappa shape index (κ3) is 5.00. The van der Waals surface area contributed by atoms with Gasteiger partial charge in [-0.3, -0.25) is 9.69 Å². The van der Waals surface area contributed by atoms with Gasteiger partial charge in [0.2, 0.25) is 0 Å². The van der Waals surface area contributed by atoms with Gasteiger partial charge in [-0.05, 0) is 17.7 Å². The highest BCUT2D eigenvalue weighted by Crippen LogP contribution is 2.08. The van der Waals surface area contributed by atoms with Crippen molar-refractivity contribution >= 4 is 23.9 Å². The van der Waals surface area contributed by atoms with E-state index in [4.69, 9.17) is 0 Å². The van der Waals surface area contributed by atoms with E-state index < -0.39 is 0 Å². The van der Waals surface area contributed by atoms with Gasteiger partial charge in [-0.2, -0.15) is 16.9 Å². The first-order valence-electron chi connectivity index (χ1n) is 6.11. The molecule has 19 heavy (non-hydrogen) atoms. The second-order valence-electron chi connectivity index (χ2n) is 4.23. The van der Waals surface area contributed by atoms with Crippen LogP contribution in [0.4, 0.5) is 4.39 Å². The van der Waals surface area contributed by atoms with Gasteiger partial charge in [0.15, 0.2) is 0 Å². The number of carbonyl (C=O) groups excluding carboxylic acids is 1. The average Bonchev–Trinajstić information content (AvgIpc) is 2.42. The molecule has 0 saturated carbocycles. The van der Waals surface area contributed by atoms with Crippen molar-refractivity contribution in [2.45, 2.75) is 0 Å². The van der Waals surface area contributed by atoms with E-state index in [-0.39, 0.29) is 11.7 Å². The van der Waals surface area contributed by atoms with Crippen molar-refractivity contribution in [1.82, 2.24) is 10.3 Å². The van der Waals surface area contributed by atoms with Gasteiger partial charge in [-0.25, -0.2) is 9.82 Å². The summed E-state index contributed by atoms with van der Waals surface area (Å²) in [7, 11) is 0. The zero-order valence-electron chi connectivity index (χ0n) is 10.5. The predicted octanol–water partition coefficient (Wildman–Crippen LogP) is 1.32. The van der Waals surface area contributed by atoms with E-state index in [1.54, 1.807) is 12.1 Å². The molecule has 0 aromatic heterocycles. The summed E-state index contributed by atoms with van der Waals surface area (Å²) in [6.45, 7) is 2.26. The Balaban J connectivity index is 1.74. The molecule has 1 aliphatic rings. The van der Waals surface area contributed by atoms with Gasteiger partial charge in [0.1, 0.15) is 5.82 Å². The fraction of sp³-hybridized carbons (Fsp3) is 0.385. The third-order valence-electron chi connectivity index (χ3n) is 2.74. The SMILES string of the molecule is O=C(CN1CCSCC1)NN=Cc1ccc(F)cc1. The number of benzene rings is 1. The summed E-state index contributed by atoms with van der Waals surface area (Å²) in [6.07, 6.45) is 1.50. The zero-order valence-corrected chi connectivity index (χ0v) is 11.3. The number of rotatable bonds is 4. The molecular weight excluding hydrogens is 265 g/mol. The van der Waals surface area contributed by atoms with Crippen LogP contribution in [0.1, 0.15) is 5.56 Å². The fourth-order valence-corrected chi connectivity index (χ4v) is 2.70. The lowest BCUT2D eigenvalue weighted by Gasteiger charge is -2.24. The lowest BCUT2D eigenvalue weighted by atomic mass is 10.2. The first-order chi connectivity index (χ1) is 9.24. The number of hydrogen-bond donors (Lipinski definition) is 1. The number of hydrogen-bond acceptors (Lipinski definition) is 4. The summed E-state index contributed by atoms with van der Waals surface area (Å²) >= 11 is 1.91. The minimum absolute atomic E-state index is 0.120. The Morgan fingerprint density at radius 1 is 1.37 bits per heavy atom. The Hall–Kier alpha value is -1.40. The van der Waals surface area contributed by atoms with E-state index in [0.29, 0.717) is 6.54 Å². The van der Waals surface area contributed by atoms with E-state index in [9.17, 15) is 9.18 Å². The van der Waals surface area contributed by atoms with Crippen LogP contribution >= 0.6 is 11.8 Å². The highest BCUT2D eigenvalue weighted by molar-refractivity contribution is 7.99. The molecule has 2 rings (SSSR count). The number of carbonyl (C=O) groups is 1. The van der Waals surface area contributed by atoms with E-state index in [1.165, 1.54) is 18.3 Å². The smallest absolute Gasteiger partial charge is 0.254 e. The molecule has 1 amide bonds. The molecule has 0 bridgehead atoms. The normalized spacial score (nSPS) is 16.7. The molecule has 6 heteroatoms. The summed E-state index contributed by atoms with van der Waals surface area (Å²) < 4.78 is 12.7. The summed E-state index contributed by atoms with van der Waals surface area (Å²) in [5.74, 6) is 1.74. The maximum Gasteiger partial charge on any atom is 0.254 e. The average molecular weight is 281 g/mol. The monoisotopic (exact) mass is 281 g/mol. The van der Waals surface area contributed by atoms with Crippen LogP contribution in [0.3, 0.4) is 0 Å². The van der Waals surface area contributed by atoms with Gasteiger partial charge >= 0.3 is 0 Å². The molecule has 1 aromatic rings. The highest BCUT2D eigenvalue weighted by Gasteiger charge is 2.13. The van der Waals surface area contributed by atoms with Crippen molar-refractivity contribution in [3.8, 4) is 0 Å². The topological polar surface area (TPSA) is 44.7 Å². The van der Waals surface area contributed by atoms with Crippen molar-refractivity contribution in [1.29, 1.82) is 0 Å². The van der Waals surface area contributed by atoms with Crippen LogP contribution in [0, 0.1) is 5.82 Å². The van der Waals surface area contributed by atoms with Crippen LogP contribution in [-0.4, -0.2) is 48.2 Å². The Labute approximate surface area is 116 Å². The zero-order chi connectivity index (χ0) is 13.5. The van der Waals surface area contributed by atoms with Gasteiger partial charge in [0.25, 0.3) is 5.91 Å². The van der Waals surface area contributed by atoms with Gasteiger partial charge < -0.3 is 0 Å². The van der Waals surface area contributed by atoms with Crippen LogP contribution in [0.15, 0.2) is 29.4 Å². The molecule has 1 aliphatic heterocycles. The van der Waals surface area contributed by atoms with Crippen molar-refractivity contribution in [2.24, 2.45) is 5.10 Å². The molecule has 1 fully saturated rings. The van der Waals surface area contributed by atoms with Crippen LogP contribution in [-0.2, 0) is 4.79 Å². The maximum atomic E-state index is 12.7. The molecule has 1 heterocycles. The summed E-state index contributed by atoms with van der Waals surface area (Å²) in [5.41, 5.74) is 3.23. The molecule has 0 atom stereocenters. The first kappa shape index (κ1) is 14.0. The Bertz CT molecular complexity index is 444. The van der Waals surface area contributed by atoms with E-state index in [1.807, 2.05) is 11.8 Å². The Kier molecular flexibility index (Phi) is 5.35. The number of thioether (sulfide) groups is 1. The number of hydrazone groups is 1. The number of nitrogens with zero attached hydrogens (tertiary/aromatic N) is 2. The molecule has 0 spiro atoms. The van der Waals surface area contributed by atoms with E-state index >= 15 is 0 Å². The van der Waals surface area contributed by atoms with E-state index in [0.717, 1.165) is 30.2 Å². The Morgan fingerprint density at radius 2 is 2.05 bits per heavy atom. The molecule has 1 aromatic carbocycles. The molecule has 4 nitrogen and oxygen atoms in total. The maximum absolute atomic E-state index is 12.7. The quantitative estimate of drug-likeness (QED) is 0.669.